The van der Waals surface area contributed by atoms with E-state index >= 15 is 0 Å². The number of benzene rings is 1. The third-order valence-electron chi connectivity index (χ3n) is 5.15. The summed E-state index contributed by atoms with van der Waals surface area (Å²) >= 11 is 3.60. The molecule has 3 unspecified atom stereocenters. The molecule has 0 amide bonds. The zero-order valence-corrected chi connectivity index (χ0v) is 12.8. The molecular formula is C16H21BrN2. The summed E-state index contributed by atoms with van der Waals surface area (Å²) in [6.45, 7) is 2.52. The first-order valence-corrected chi connectivity index (χ1v) is 8.37. The molecule has 2 fully saturated rings. The van der Waals surface area contributed by atoms with E-state index < -0.39 is 0 Å². The van der Waals surface area contributed by atoms with Gasteiger partial charge >= 0.3 is 0 Å². The Balaban J connectivity index is 1.58. The molecule has 3 heteroatoms. The third-order valence-corrected chi connectivity index (χ3v) is 5.64. The van der Waals surface area contributed by atoms with Gasteiger partial charge in [0.15, 0.2) is 0 Å². The topological polar surface area (TPSA) is 15.3 Å². The zero-order chi connectivity index (χ0) is 12.8. The highest BCUT2D eigenvalue weighted by Crippen LogP contribution is 2.38. The van der Waals surface area contributed by atoms with Gasteiger partial charge in [-0.15, -0.1) is 0 Å². The molecular weight excluding hydrogens is 300 g/mol. The summed E-state index contributed by atoms with van der Waals surface area (Å²) in [5, 5.41) is 3.79. The van der Waals surface area contributed by atoms with E-state index in [-0.39, 0.29) is 0 Å². The van der Waals surface area contributed by atoms with Crippen molar-refractivity contribution in [3.05, 3.63) is 33.8 Å². The number of rotatable bonds is 1. The molecule has 19 heavy (non-hydrogen) atoms. The van der Waals surface area contributed by atoms with Crippen LogP contribution in [0.4, 0.5) is 0 Å². The quantitative estimate of drug-likeness (QED) is 0.854. The molecule has 102 valence electrons. The predicted octanol–water partition coefficient (Wildman–Crippen LogP) is 3.26. The Bertz CT molecular complexity index is 488. The van der Waals surface area contributed by atoms with Gasteiger partial charge in [0.1, 0.15) is 0 Å². The molecule has 1 N–H and O–H groups in total. The number of halogens is 1. The smallest absolute Gasteiger partial charge is 0.0354 e. The summed E-state index contributed by atoms with van der Waals surface area (Å²) in [7, 11) is 0. The largest absolute Gasteiger partial charge is 0.310 e. The normalized spacial score (nSPS) is 34.3. The molecule has 3 atom stereocenters. The van der Waals surface area contributed by atoms with Crippen molar-refractivity contribution in [1.82, 2.24) is 10.2 Å². The number of hydrogen-bond donors (Lipinski definition) is 1. The van der Waals surface area contributed by atoms with E-state index in [2.05, 4.69) is 44.3 Å². The van der Waals surface area contributed by atoms with Crippen LogP contribution < -0.4 is 5.32 Å². The lowest BCUT2D eigenvalue weighted by Gasteiger charge is -2.30. The second kappa shape index (κ2) is 4.87. The molecule has 0 radical (unpaired) electrons. The molecule has 2 nitrogen and oxygen atoms in total. The van der Waals surface area contributed by atoms with Crippen LogP contribution in [0.5, 0.6) is 0 Å². The van der Waals surface area contributed by atoms with Crippen molar-refractivity contribution < 1.29 is 0 Å². The highest BCUT2D eigenvalue weighted by atomic mass is 79.9. The first-order valence-electron chi connectivity index (χ1n) is 7.58. The Morgan fingerprint density at radius 2 is 2.00 bits per heavy atom. The van der Waals surface area contributed by atoms with Crippen LogP contribution in [0.25, 0.3) is 0 Å². The number of likely N-dealkylation sites (tertiary alicyclic amines) is 1. The van der Waals surface area contributed by atoms with Gasteiger partial charge in [0.2, 0.25) is 0 Å². The van der Waals surface area contributed by atoms with E-state index in [4.69, 9.17) is 0 Å². The molecule has 0 spiro atoms. The molecule has 3 aliphatic rings. The second-order valence-electron chi connectivity index (χ2n) is 6.32. The number of fused-ring (bicyclic) bond motifs is 3. The van der Waals surface area contributed by atoms with E-state index in [9.17, 15) is 0 Å². The average molecular weight is 321 g/mol. The van der Waals surface area contributed by atoms with Crippen LogP contribution in [0.1, 0.15) is 42.9 Å². The first-order chi connectivity index (χ1) is 9.29. The number of aryl methyl sites for hydroxylation is 1. The van der Waals surface area contributed by atoms with Gasteiger partial charge in [0.05, 0.1) is 0 Å². The van der Waals surface area contributed by atoms with Crippen molar-refractivity contribution >= 4 is 15.9 Å². The molecule has 0 aromatic heterocycles. The Hall–Kier alpha value is -0.380. The van der Waals surface area contributed by atoms with E-state index in [1.165, 1.54) is 49.7 Å². The summed E-state index contributed by atoms with van der Waals surface area (Å²) < 4.78 is 1.23. The van der Waals surface area contributed by atoms with Gasteiger partial charge in [-0.05, 0) is 55.4 Å². The standard InChI is InChI=1S/C16H21BrN2/c17-12-2-5-15-11(9-12)1-6-16(15)19-8-7-13-3-4-14(10-19)18-13/h2,5,9,13-14,16,18H,1,3-4,6-8,10H2. The fraction of sp³-hybridized carbons (Fsp3) is 0.625. The maximum atomic E-state index is 3.79. The molecule has 2 saturated heterocycles. The van der Waals surface area contributed by atoms with Crippen molar-refractivity contribution in [2.24, 2.45) is 0 Å². The van der Waals surface area contributed by atoms with Crippen molar-refractivity contribution in [3.63, 3.8) is 0 Å². The third kappa shape index (κ3) is 2.26. The number of nitrogens with one attached hydrogen (secondary N) is 1. The van der Waals surface area contributed by atoms with Crippen molar-refractivity contribution in [2.45, 2.75) is 50.2 Å². The molecule has 0 saturated carbocycles. The van der Waals surface area contributed by atoms with Crippen molar-refractivity contribution in [1.29, 1.82) is 0 Å². The van der Waals surface area contributed by atoms with E-state index in [0.29, 0.717) is 6.04 Å². The first kappa shape index (κ1) is 12.4. The van der Waals surface area contributed by atoms with Crippen LogP contribution in [0, 0.1) is 0 Å². The van der Waals surface area contributed by atoms with Crippen LogP contribution in [0.3, 0.4) is 0 Å². The molecule has 1 aromatic carbocycles. The van der Waals surface area contributed by atoms with E-state index in [1.807, 2.05) is 0 Å². The summed E-state index contributed by atoms with van der Waals surface area (Å²) in [6.07, 6.45) is 6.66. The minimum absolute atomic E-state index is 0.671. The van der Waals surface area contributed by atoms with Gasteiger partial charge < -0.3 is 5.32 Å². The fourth-order valence-electron chi connectivity index (χ4n) is 4.20. The second-order valence-corrected chi connectivity index (χ2v) is 7.23. The van der Waals surface area contributed by atoms with Gasteiger partial charge in [0, 0.05) is 35.7 Å². The molecule has 2 aliphatic heterocycles. The van der Waals surface area contributed by atoms with Gasteiger partial charge in [0.25, 0.3) is 0 Å². The van der Waals surface area contributed by atoms with Gasteiger partial charge in [-0.1, -0.05) is 22.0 Å². The number of hydrogen-bond acceptors (Lipinski definition) is 2. The Kier molecular flexibility index (Phi) is 3.17. The Morgan fingerprint density at radius 3 is 2.95 bits per heavy atom. The predicted molar refractivity (Wildman–Crippen MR) is 81.3 cm³/mol. The summed E-state index contributed by atoms with van der Waals surface area (Å²) in [5.41, 5.74) is 3.14. The highest BCUT2D eigenvalue weighted by molar-refractivity contribution is 9.10. The maximum Gasteiger partial charge on any atom is 0.0354 e. The van der Waals surface area contributed by atoms with Crippen LogP contribution in [-0.2, 0) is 6.42 Å². The van der Waals surface area contributed by atoms with Crippen LogP contribution in [0.15, 0.2) is 22.7 Å². The lowest BCUT2D eigenvalue weighted by Crippen LogP contribution is -2.37. The Labute approximate surface area is 123 Å². The maximum absolute atomic E-state index is 3.79. The molecule has 1 aromatic rings. The zero-order valence-electron chi connectivity index (χ0n) is 11.2. The van der Waals surface area contributed by atoms with Crippen LogP contribution in [-0.4, -0.2) is 30.1 Å². The molecule has 4 rings (SSSR count). The summed E-state index contributed by atoms with van der Waals surface area (Å²) in [5.74, 6) is 0. The summed E-state index contributed by atoms with van der Waals surface area (Å²) in [6, 6.07) is 9.07. The lowest BCUT2D eigenvalue weighted by atomic mass is 10.0. The molecule has 2 bridgehead atoms. The monoisotopic (exact) mass is 320 g/mol. The molecule has 1 aliphatic carbocycles. The SMILES string of the molecule is Brc1ccc2c(c1)CCC2N1CCC2CCC(C1)N2. The lowest BCUT2D eigenvalue weighted by molar-refractivity contribution is 0.187. The molecule has 2 heterocycles. The van der Waals surface area contributed by atoms with Gasteiger partial charge in [-0.2, -0.15) is 0 Å². The van der Waals surface area contributed by atoms with E-state index in [0.717, 1.165) is 12.1 Å². The van der Waals surface area contributed by atoms with Crippen molar-refractivity contribution in [3.8, 4) is 0 Å². The van der Waals surface area contributed by atoms with E-state index in [1.54, 1.807) is 11.1 Å². The highest BCUT2D eigenvalue weighted by Gasteiger charge is 2.34. The summed E-state index contributed by atoms with van der Waals surface area (Å²) in [4.78, 5) is 2.75. The number of nitrogens with zero attached hydrogens (tertiary/aromatic N) is 1. The van der Waals surface area contributed by atoms with Crippen LogP contribution >= 0.6 is 15.9 Å². The van der Waals surface area contributed by atoms with Crippen molar-refractivity contribution in [2.75, 3.05) is 13.1 Å². The fourth-order valence-corrected chi connectivity index (χ4v) is 4.60. The minimum atomic E-state index is 0.671. The van der Waals surface area contributed by atoms with Crippen LogP contribution in [0.2, 0.25) is 0 Å². The van der Waals surface area contributed by atoms with Gasteiger partial charge in [-0.25, -0.2) is 0 Å². The minimum Gasteiger partial charge on any atom is -0.310 e. The Morgan fingerprint density at radius 1 is 1.11 bits per heavy atom. The van der Waals surface area contributed by atoms with Gasteiger partial charge in [-0.3, -0.25) is 4.90 Å². The average Bonchev–Trinajstić information content (AvgIpc) is 2.93.